The third kappa shape index (κ3) is 8.74. The van der Waals surface area contributed by atoms with Gasteiger partial charge in [-0.3, -0.25) is 4.99 Å². The Morgan fingerprint density at radius 1 is 1.17 bits per heavy atom. The largest absolute Gasteiger partial charge is 0.493 e. The van der Waals surface area contributed by atoms with Crippen molar-refractivity contribution < 1.29 is 14.2 Å². The number of hydrogen-bond donors (Lipinski definition) is 2. The molecule has 0 bridgehead atoms. The van der Waals surface area contributed by atoms with Gasteiger partial charge in [-0.2, -0.15) is 0 Å². The van der Waals surface area contributed by atoms with Crippen molar-refractivity contribution in [3.8, 4) is 11.6 Å². The lowest BCUT2D eigenvalue weighted by Crippen LogP contribution is -2.30. The van der Waals surface area contributed by atoms with E-state index in [9.17, 15) is 0 Å². The first-order valence-corrected chi connectivity index (χ1v) is 10.0. The van der Waals surface area contributed by atoms with E-state index in [-0.39, 0.29) is 24.0 Å². The minimum atomic E-state index is 0. The molecule has 1 aliphatic rings. The zero-order valence-electron chi connectivity index (χ0n) is 17.6. The van der Waals surface area contributed by atoms with Gasteiger partial charge in [0.1, 0.15) is 5.75 Å². The molecule has 2 aromatic rings. The van der Waals surface area contributed by atoms with E-state index in [1.54, 1.807) is 20.4 Å². The first-order chi connectivity index (χ1) is 14.3. The highest BCUT2D eigenvalue weighted by Crippen LogP contribution is 2.29. The fourth-order valence-electron chi connectivity index (χ4n) is 2.69. The summed E-state index contributed by atoms with van der Waals surface area (Å²) in [5.74, 6) is 2.88. The Bertz CT molecular complexity index is 799. The quantitative estimate of drug-likeness (QED) is 0.199. The van der Waals surface area contributed by atoms with Gasteiger partial charge >= 0.3 is 0 Å². The second kappa shape index (κ2) is 13.3. The number of nitrogens with zero attached hydrogens (tertiary/aromatic N) is 2. The molecule has 2 N–H and O–H groups in total. The van der Waals surface area contributed by atoms with Gasteiger partial charge in [-0.1, -0.05) is 6.07 Å². The molecule has 0 saturated heterocycles. The predicted octanol–water partition coefficient (Wildman–Crippen LogP) is 4.09. The van der Waals surface area contributed by atoms with E-state index < -0.39 is 0 Å². The average molecular weight is 526 g/mol. The molecule has 0 radical (unpaired) electrons. The Morgan fingerprint density at radius 3 is 2.80 bits per heavy atom. The highest BCUT2D eigenvalue weighted by Gasteiger charge is 2.22. The number of nitrogens with one attached hydrogen (secondary N) is 2. The van der Waals surface area contributed by atoms with E-state index in [4.69, 9.17) is 14.2 Å². The highest BCUT2D eigenvalue weighted by atomic mass is 127. The van der Waals surface area contributed by atoms with Gasteiger partial charge in [0.25, 0.3) is 0 Å². The van der Waals surface area contributed by atoms with E-state index in [1.165, 1.54) is 12.8 Å². The number of hydrogen-bond acceptors (Lipinski definition) is 5. The van der Waals surface area contributed by atoms with Crippen molar-refractivity contribution in [1.82, 2.24) is 10.3 Å². The number of guanidine groups is 1. The van der Waals surface area contributed by atoms with Crippen LogP contribution in [0, 0.1) is 5.92 Å². The molecule has 8 heteroatoms. The SMILES string of the molecule is CN=C(NCc1ccnc(OCC2CC2)c1)Nc1cccc(OCCCOC)c1.I. The van der Waals surface area contributed by atoms with E-state index in [1.807, 2.05) is 36.4 Å². The third-order valence-corrected chi connectivity index (χ3v) is 4.50. The summed E-state index contributed by atoms with van der Waals surface area (Å²) in [6, 6.07) is 11.8. The molecule has 0 spiro atoms. The number of ether oxygens (including phenoxy) is 3. The Labute approximate surface area is 195 Å². The fraction of sp³-hybridized carbons (Fsp3) is 0.455. The number of pyridine rings is 1. The van der Waals surface area contributed by atoms with Gasteiger partial charge in [0.15, 0.2) is 5.96 Å². The topological polar surface area (TPSA) is 77.0 Å². The molecule has 1 saturated carbocycles. The van der Waals surface area contributed by atoms with Gasteiger partial charge in [-0.05, 0) is 42.5 Å². The number of benzene rings is 1. The van der Waals surface area contributed by atoms with Crippen molar-refractivity contribution in [3.63, 3.8) is 0 Å². The molecular weight excluding hydrogens is 495 g/mol. The zero-order chi connectivity index (χ0) is 20.3. The Balaban J connectivity index is 0.00000320. The molecule has 1 aromatic carbocycles. The normalized spacial score (nSPS) is 13.3. The first-order valence-electron chi connectivity index (χ1n) is 10.0. The summed E-state index contributed by atoms with van der Waals surface area (Å²) in [6.45, 7) is 2.69. The molecule has 1 aliphatic carbocycles. The summed E-state index contributed by atoms with van der Waals surface area (Å²) >= 11 is 0. The van der Waals surface area contributed by atoms with Crippen LogP contribution in [0.3, 0.4) is 0 Å². The van der Waals surface area contributed by atoms with Crippen molar-refractivity contribution in [1.29, 1.82) is 0 Å². The molecule has 0 amide bonds. The number of methoxy groups -OCH3 is 1. The van der Waals surface area contributed by atoms with Crippen LogP contribution in [0.5, 0.6) is 11.6 Å². The molecule has 1 fully saturated rings. The minimum Gasteiger partial charge on any atom is -0.493 e. The minimum absolute atomic E-state index is 0. The lowest BCUT2D eigenvalue weighted by atomic mass is 10.2. The van der Waals surface area contributed by atoms with Crippen LogP contribution in [-0.4, -0.2) is 44.9 Å². The van der Waals surface area contributed by atoms with Gasteiger partial charge in [0, 0.05) is 57.7 Å². The second-order valence-electron chi connectivity index (χ2n) is 7.03. The van der Waals surface area contributed by atoms with Crippen LogP contribution in [0.1, 0.15) is 24.8 Å². The standard InChI is InChI=1S/C22H30N4O3.HI/c1-23-22(26-19-5-3-6-20(14-19)28-12-4-11-27-2)25-15-18-9-10-24-21(13-18)29-16-17-7-8-17;/h3,5-6,9-10,13-14,17H,4,7-8,11-12,15-16H2,1-2H3,(H2,23,25,26);1H. The predicted molar refractivity (Wildman–Crippen MR) is 130 cm³/mol. The van der Waals surface area contributed by atoms with Crippen molar-refractivity contribution in [2.75, 3.05) is 39.3 Å². The number of halogens is 1. The molecule has 164 valence electrons. The van der Waals surface area contributed by atoms with Gasteiger partial charge in [-0.15, -0.1) is 24.0 Å². The van der Waals surface area contributed by atoms with Crippen LogP contribution in [0.25, 0.3) is 0 Å². The van der Waals surface area contributed by atoms with Crippen LogP contribution in [0.4, 0.5) is 5.69 Å². The second-order valence-corrected chi connectivity index (χ2v) is 7.03. The Kier molecular flexibility index (Phi) is 10.7. The summed E-state index contributed by atoms with van der Waals surface area (Å²) in [5.41, 5.74) is 1.99. The number of anilines is 1. The van der Waals surface area contributed by atoms with Crippen molar-refractivity contribution in [3.05, 3.63) is 48.2 Å². The summed E-state index contributed by atoms with van der Waals surface area (Å²) in [6.07, 6.45) is 5.17. The molecule has 30 heavy (non-hydrogen) atoms. The molecule has 1 heterocycles. The number of aliphatic imine (C=N–C) groups is 1. The van der Waals surface area contributed by atoms with Crippen molar-refractivity contribution in [2.45, 2.75) is 25.8 Å². The van der Waals surface area contributed by atoms with E-state index in [0.29, 0.717) is 37.5 Å². The van der Waals surface area contributed by atoms with Gasteiger partial charge < -0.3 is 24.8 Å². The van der Waals surface area contributed by atoms with Crippen LogP contribution in [0.15, 0.2) is 47.6 Å². The maximum atomic E-state index is 5.75. The summed E-state index contributed by atoms with van der Waals surface area (Å²) in [4.78, 5) is 8.58. The van der Waals surface area contributed by atoms with Crippen LogP contribution < -0.4 is 20.1 Å². The lowest BCUT2D eigenvalue weighted by molar-refractivity contribution is 0.172. The lowest BCUT2D eigenvalue weighted by Gasteiger charge is -2.13. The van der Waals surface area contributed by atoms with E-state index in [2.05, 4.69) is 20.6 Å². The maximum absolute atomic E-state index is 5.75. The monoisotopic (exact) mass is 526 g/mol. The molecule has 7 nitrogen and oxygen atoms in total. The number of aromatic nitrogens is 1. The third-order valence-electron chi connectivity index (χ3n) is 4.50. The van der Waals surface area contributed by atoms with Crippen molar-refractivity contribution >= 4 is 35.6 Å². The summed E-state index contributed by atoms with van der Waals surface area (Å²) < 4.78 is 16.5. The Morgan fingerprint density at radius 2 is 2.03 bits per heavy atom. The van der Waals surface area contributed by atoms with E-state index in [0.717, 1.165) is 30.0 Å². The number of rotatable bonds is 11. The van der Waals surface area contributed by atoms with Crippen LogP contribution in [-0.2, 0) is 11.3 Å². The molecule has 3 rings (SSSR count). The van der Waals surface area contributed by atoms with Crippen LogP contribution in [0.2, 0.25) is 0 Å². The smallest absolute Gasteiger partial charge is 0.213 e. The van der Waals surface area contributed by atoms with Gasteiger partial charge in [0.05, 0.1) is 13.2 Å². The fourth-order valence-corrected chi connectivity index (χ4v) is 2.69. The molecule has 0 aliphatic heterocycles. The van der Waals surface area contributed by atoms with Gasteiger partial charge in [-0.25, -0.2) is 4.98 Å². The molecular formula is C22H31IN4O3. The van der Waals surface area contributed by atoms with Gasteiger partial charge in [0.2, 0.25) is 5.88 Å². The first kappa shape index (κ1) is 24.2. The summed E-state index contributed by atoms with van der Waals surface area (Å²) in [7, 11) is 3.44. The average Bonchev–Trinajstić information content (AvgIpc) is 3.58. The Hall–Kier alpha value is -2.07. The van der Waals surface area contributed by atoms with Crippen LogP contribution >= 0.6 is 24.0 Å². The molecule has 0 atom stereocenters. The van der Waals surface area contributed by atoms with Crippen molar-refractivity contribution in [2.24, 2.45) is 10.9 Å². The zero-order valence-corrected chi connectivity index (χ0v) is 19.9. The maximum Gasteiger partial charge on any atom is 0.213 e. The highest BCUT2D eigenvalue weighted by molar-refractivity contribution is 14.0. The van der Waals surface area contributed by atoms with E-state index >= 15 is 0 Å². The summed E-state index contributed by atoms with van der Waals surface area (Å²) in [5, 5.41) is 6.61. The molecule has 1 aromatic heterocycles. The molecule has 0 unspecified atom stereocenters.